The number of hydrogen-bond acceptors (Lipinski definition) is 3. The molecule has 27 heavy (non-hydrogen) atoms. The third-order valence-electron chi connectivity index (χ3n) is 4.60. The van der Waals surface area contributed by atoms with E-state index in [0.717, 1.165) is 5.56 Å². The predicted octanol–water partition coefficient (Wildman–Crippen LogP) is 3.19. The largest absolute Gasteiger partial charge is 0.481 e. The number of rotatable bonds is 4. The van der Waals surface area contributed by atoms with Crippen LogP contribution in [0.1, 0.15) is 22.3 Å². The number of aliphatic carboxylic acids is 1. The number of carboxylic acid groups (broad SMARTS) is 1. The van der Waals surface area contributed by atoms with Crippen LogP contribution in [0.5, 0.6) is 0 Å². The molecule has 1 heterocycles. The number of likely N-dealkylation sites (tertiary alicyclic amines) is 1. The van der Waals surface area contributed by atoms with Gasteiger partial charge < -0.3 is 20.6 Å². The first-order chi connectivity index (χ1) is 12.9. The number of anilines is 2. The van der Waals surface area contributed by atoms with Crippen LogP contribution in [0.2, 0.25) is 0 Å². The van der Waals surface area contributed by atoms with Crippen molar-refractivity contribution < 1.29 is 19.5 Å². The zero-order chi connectivity index (χ0) is 19.4. The molecule has 0 aromatic heterocycles. The van der Waals surface area contributed by atoms with E-state index in [4.69, 9.17) is 5.11 Å². The summed E-state index contributed by atoms with van der Waals surface area (Å²) in [4.78, 5) is 37.2. The number of carbonyl (C=O) groups is 3. The molecule has 0 bridgehead atoms. The van der Waals surface area contributed by atoms with E-state index in [1.165, 1.54) is 4.90 Å². The molecule has 1 atom stereocenters. The van der Waals surface area contributed by atoms with Crippen molar-refractivity contribution in [3.05, 3.63) is 59.7 Å². The Hall–Kier alpha value is -3.35. The van der Waals surface area contributed by atoms with Crippen LogP contribution < -0.4 is 10.6 Å². The van der Waals surface area contributed by atoms with E-state index in [2.05, 4.69) is 10.6 Å². The van der Waals surface area contributed by atoms with Crippen LogP contribution in [0, 0.1) is 12.8 Å². The van der Waals surface area contributed by atoms with Gasteiger partial charge in [-0.15, -0.1) is 0 Å². The van der Waals surface area contributed by atoms with Crippen LogP contribution in [-0.4, -0.2) is 41.0 Å². The molecule has 0 radical (unpaired) electrons. The molecule has 7 nitrogen and oxygen atoms in total. The van der Waals surface area contributed by atoms with Crippen molar-refractivity contribution in [2.24, 2.45) is 5.92 Å². The summed E-state index contributed by atoms with van der Waals surface area (Å²) in [7, 11) is 0. The summed E-state index contributed by atoms with van der Waals surface area (Å²) >= 11 is 0. The smallest absolute Gasteiger partial charge is 0.321 e. The second-order valence-corrected chi connectivity index (χ2v) is 6.55. The standard InChI is InChI=1S/C20H21N3O4/c1-13-7-8-16(21-18(24)14-5-3-2-4-6-14)11-17(13)22-20(27)23-10-9-15(12-23)19(25)26/h2-8,11,15H,9-10,12H2,1H3,(H,21,24)(H,22,27)(H,25,26). The number of amides is 3. The van der Waals surface area contributed by atoms with Gasteiger partial charge in [0.15, 0.2) is 0 Å². The quantitative estimate of drug-likeness (QED) is 0.773. The van der Waals surface area contributed by atoms with Gasteiger partial charge >= 0.3 is 12.0 Å². The highest BCUT2D eigenvalue weighted by molar-refractivity contribution is 6.04. The number of aryl methyl sites for hydroxylation is 1. The zero-order valence-electron chi connectivity index (χ0n) is 14.9. The lowest BCUT2D eigenvalue weighted by atomic mass is 10.1. The maximum atomic E-state index is 12.4. The molecule has 0 spiro atoms. The number of carboxylic acids is 1. The summed E-state index contributed by atoms with van der Waals surface area (Å²) in [5.74, 6) is -1.64. The Bertz CT molecular complexity index is 867. The maximum Gasteiger partial charge on any atom is 0.321 e. The highest BCUT2D eigenvalue weighted by Crippen LogP contribution is 2.23. The van der Waals surface area contributed by atoms with E-state index in [0.29, 0.717) is 29.9 Å². The maximum absolute atomic E-state index is 12.4. The Labute approximate surface area is 157 Å². The van der Waals surface area contributed by atoms with Crippen molar-refractivity contribution in [3.8, 4) is 0 Å². The van der Waals surface area contributed by atoms with Crippen molar-refractivity contribution in [2.45, 2.75) is 13.3 Å². The van der Waals surface area contributed by atoms with Gasteiger partial charge in [0.2, 0.25) is 0 Å². The minimum Gasteiger partial charge on any atom is -0.481 e. The predicted molar refractivity (Wildman–Crippen MR) is 102 cm³/mol. The van der Waals surface area contributed by atoms with Crippen molar-refractivity contribution >= 4 is 29.3 Å². The van der Waals surface area contributed by atoms with E-state index in [1.807, 2.05) is 13.0 Å². The number of carbonyl (C=O) groups excluding carboxylic acids is 2. The third-order valence-corrected chi connectivity index (χ3v) is 4.60. The highest BCUT2D eigenvalue weighted by atomic mass is 16.4. The minimum atomic E-state index is -0.882. The molecule has 0 saturated carbocycles. The van der Waals surface area contributed by atoms with Gasteiger partial charge in [0.1, 0.15) is 0 Å². The molecule has 3 amide bonds. The molecule has 1 saturated heterocycles. The van der Waals surface area contributed by atoms with Crippen LogP contribution in [0.15, 0.2) is 48.5 Å². The van der Waals surface area contributed by atoms with Gasteiger partial charge in [-0.05, 0) is 43.2 Å². The van der Waals surface area contributed by atoms with E-state index >= 15 is 0 Å². The summed E-state index contributed by atoms with van der Waals surface area (Å²) in [5, 5.41) is 14.7. The fraction of sp³-hybridized carbons (Fsp3) is 0.250. The second-order valence-electron chi connectivity index (χ2n) is 6.55. The van der Waals surface area contributed by atoms with Gasteiger partial charge in [0.25, 0.3) is 5.91 Å². The lowest BCUT2D eigenvalue weighted by Crippen LogP contribution is -2.34. The van der Waals surface area contributed by atoms with Crippen LogP contribution in [0.25, 0.3) is 0 Å². The van der Waals surface area contributed by atoms with Crippen LogP contribution in [0.4, 0.5) is 16.2 Å². The number of nitrogens with zero attached hydrogens (tertiary/aromatic N) is 1. The molecule has 1 aliphatic rings. The molecule has 1 fully saturated rings. The Morgan fingerprint density at radius 3 is 2.48 bits per heavy atom. The fourth-order valence-electron chi connectivity index (χ4n) is 2.97. The fourth-order valence-corrected chi connectivity index (χ4v) is 2.97. The van der Waals surface area contributed by atoms with Gasteiger partial charge in [-0.25, -0.2) is 4.79 Å². The lowest BCUT2D eigenvalue weighted by molar-refractivity contribution is -0.141. The van der Waals surface area contributed by atoms with E-state index in [1.54, 1.807) is 42.5 Å². The van der Waals surface area contributed by atoms with E-state index < -0.39 is 11.9 Å². The SMILES string of the molecule is Cc1ccc(NC(=O)c2ccccc2)cc1NC(=O)N1CCC(C(=O)O)C1. The zero-order valence-corrected chi connectivity index (χ0v) is 14.9. The third kappa shape index (κ3) is 4.44. The average Bonchev–Trinajstić information content (AvgIpc) is 3.16. The van der Waals surface area contributed by atoms with Gasteiger partial charge in [-0.1, -0.05) is 24.3 Å². The first kappa shape index (κ1) is 18.4. The summed E-state index contributed by atoms with van der Waals surface area (Å²) in [6.45, 7) is 2.46. The Balaban J connectivity index is 1.68. The van der Waals surface area contributed by atoms with E-state index in [-0.39, 0.29) is 18.5 Å². The van der Waals surface area contributed by atoms with Crippen molar-refractivity contribution in [1.82, 2.24) is 4.90 Å². The average molecular weight is 367 g/mol. The second kappa shape index (κ2) is 7.90. The molecule has 2 aromatic rings. The summed E-state index contributed by atoms with van der Waals surface area (Å²) in [5.41, 5.74) is 2.52. The molecule has 7 heteroatoms. The van der Waals surface area contributed by atoms with Crippen LogP contribution in [-0.2, 0) is 4.79 Å². The number of hydrogen-bond donors (Lipinski definition) is 3. The molecule has 140 valence electrons. The van der Waals surface area contributed by atoms with Gasteiger partial charge in [0.05, 0.1) is 5.92 Å². The van der Waals surface area contributed by atoms with Crippen LogP contribution in [0.3, 0.4) is 0 Å². The minimum absolute atomic E-state index is 0.199. The number of nitrogens with one attached hydrogen (secondary N) is 2. The Morgan fingerprint density at radius 1 is 1.07 bits per heavy atom. The Kier molecular flexibility index (Phi) is 5.40. The van der Waals surface area contributed by atoms with Crippen molar-refractivity contribution in [2.75, 3.05) is 23.7 Å². The van der Waals surface area contributed by atoms with E-state index in [9.17, 15) is 14.4 Å². The normalized spacial score (nSPS) is 16.0. The topological polar surface area (TPSA) is 98.7 Å². The van der Waals surface area contributed by atoms with Crippen molar-refractivity contribution in [1.29, 1.82) is 0 Å². The lowest BCUT2D eigenvalue weighted by Gasteiger charge is -2.18. The van der Waals surface area contributed by atoms with Gasteiger partial charge in [-0.2, -0.15) is 0 Å². The number of benzene rings is 2. The highest BCUT2D eigenvalue weighted by Gasteiger charge is 2.31. The van der Waals surface area contributed by atoms with Crippen LogP contribution >= 0.6 is 0 Å². The molecule has 2 aromatic carbocycles. The first-order valence-corrected chi connectivity index (χ1v) is 8.70. The summed E-state index contributed by atoms with van der Waals surface area (Å²) in [6.07, 6.45) is 0.453. The van der Waals surface area contributed by atoms with Gasteiger partial charge in [-0.3, -0.25) is 9.59 Å². The molecule has 1 unspecified atom stereocenters. The van der Waals surface area contributed by atoms with Gasteiger partial charge in [0, 0.05) is 30.0 Å². The number of urea groups is 1. The molecular formula is C20H21N3O4. The Morgan fingerprint density at radius 2 is 1.81 bits per heavy atom. The molecule has 3 N–H and O–H groups in total. The monoisotopic (exact) mass is 367 g/mol. The molecule has 0 aliphatic carbocycles. The molecular weight excluding hydrogens is 346 g/mol. The summed E-state index contributed by atoms with van der Waals surface area (Å²) in [6, 6.07) is 13.8. The molecule has 1 aliphatic heterocycles. The first-order valence-electron chi connectivity index (χ1n) is 8.70. The summed E-state index contributed by atoms with van der Waals surface area (Å²) < 4.78 is 0. The molecule has 3 rings (SSSR count). The van der Waals surface area contributed by atoms with Crippen molar-refractivity contribution in [3.63, 3.8) is 0 Å².